The molecule has 2 fully saturated rings. The second kappa shape index (κ2) is 13.4. The van der Waals surface area contributed by atoms with Gasteiger partial charge in [0.15, 0.2) is 30.2 Å². The predicted molar refractivity (Wildman–Crippen MR) is 145 cm³/mol. The van der Waals surface area contributed by atoms with E-state index in [-0.39, 0.29) is 45.5 Å². The molecule has 2 aliphatic heterocycles. The van der Waals surface area contributed by atoms with Crippen molar-refractivity contribution in [2.24, 2.45) is 11.1 Å². The summed E-state index contributed by atoms with van der Waals surface area (Å²) < 4.78 is 39.3. The third-order valence-corrected chi connectivity index (χ3v) is 8.13. The fraction of sp³-hybridized carbons (Fsp3) is 0.522. The normalized spacial score (nSPS) is 27.4. The first-order valence-corrected chi connectivity index (χ1v) is 14.6. The van der Waals surface area contributed by atoms with Crippen LogP contribution in [0.4, 0.5) is 0 Å². The van der Waals surface area contributed by atoms with Gasteiger partial charge in [0, 0.05) is 42.1 Å². The average Bonchev–Trinajstić information content (AvgIpc) is 3.49. The van der Waals surface area contributed by atoms with E-state index < -0.39 is 69.2 Å². The number of oxime groups is 1. The predicted octanol–water partition coefficient (Wildman–Crippen LogP) is 1.38. The molecule has 0 radical (unpaired) electrons. The number of aromatic hydroxyl groups is 1. The lowest BCUT2D eigenvalue weighted by Gasteiger charge is -2.20. The number of rotatable bonds is 11. The Hall–Kier alpha value is -2.50. The minimum atomic E-state index is -4.70. The number of aliphatic hydroxyl groups excluding tert-OH is 2. The Bertz CT molecular complexity index is 1480. The van der Waals surface area contributed by atoms with E-state index in [0.29, 0.717) is 0 Å². The van der Waals surface area contributed by atoms with Crippen molar-refractivity contribution in [1.82, 2.24) is 9.55 Å². The maximum Gasteiger partial charge on any atom is 0.472 e. The highest BCUT2D eigenvalue weighted by atomic mass is 35.5. The zero-order chi connectivity index (χ0) is 30.8. The SMILES string of the molecule is COc1cc(Cl)c(/C=N/O[C@@H]2C[C@H](n3cc(C)c(=O)[nH]c3=O)O[C@@H]2COP(=O)(O)OC[C@@H]2C[C@H](O)O[C@@H]2O)c(Cl)c1O. The Morgan fingerprint density at radius 1 is 1.21 bits per heavy atom. The van der Waals surface area contributed by atoms with Crippen molar-refractivity contribution in [2.75, 3.05) is 20.3 Å². The van der Waals surface area contributed by atoms with Gasteiger partial charge in [0.1, 0.15) is 12.3 Å². The Labute approximate surface area is 247 Å². The summed E-state index contributed by atoms with van der Waals surface area (Å²) in [5, 5.41) is 33.1. The number of phenolic OH excluding ortho intramolecular Hbond substituents is 1. The van der Waals surface area contributed by atoms with Crippen LogP contribution in [-0.2, 0) is 27.9 Å². The summed E-state index contributed by atoms with van der Waals surface area (Å²) in [5.74, 6) is -1.11. The number of halogens is 2. The Morgan fingerprint density at radius 2 is 1.93 bits per heavy atom. The van der Waals surface area contributed by atoms with Gasteiger partial charge in [-0.05, 0) is 6.92 Å². The van der Waals surface area contributed by atoms with Crippen LogP contribution < -0.4 is 16.0 Å². The van der Waals surface area contributed by atoms with Crippen LogP contribution in [0, 0.1) is 12.8 Å². The highest BCUT2D eigenvalue weighted by molar-refractivity contribution is 7.47. The second-order valence-electron chi connectivity index (χ2n) is 9.40. The van der Waals surface area contributed by atoms with Gasteiger partial charge >= 0.3 is 13.5 Å². The fourth-order valence-corrected chi connectivity index (χ4v) is 5.54. The van der Waals surface area contributed by atoms with Gasteiger partial charge in [-0.25, -0.2) is 9.36 Å². The maximum atomic E-state index is 12.5. The number of aromatic amines is 1. The molecule has 4 rings (SSSR count). The van der Waals surface area contributed by atoms with Crippen LogP contribution >= 0.6 is 31.0 Å². The first-order valence-electron chi connectivity index (χ1n) is 12.3. The number of aromatic nitrogens is 2. The van der Waals surface area contributed by atoms with Crippen LogP contribution in [0.2, 0.25) is 10.0 Å². The zero-order valence-electron chi connectivity index (χ0n) is 22.1. The standard InChI is InChI=1S/C23H28Cl2N3O13P/c1-10-7-28(23(33)27-21(10)31)17-5-14(41-26-6-12-13(24)4-15(36-2)20(30)19(12)25)16(39-17)9-38-42(34,35)37-8-11-3-18(29)40-22(11)32/h4,6-7,11,14,16-18,22,29-30,32H,3,5,8-9H2,1-2H3,(H,34,35)(H,27,31,33)/b26-6+/t11-,14+,16+,17+,18+,22-/m0/s1. The third kappa shape index (κ3) is 7.52. The molecule has 2 aliphatic rings. The number of phenols is 1. The molecule has 1 unspecified atom stereocenters. The third-order valence-electron chi connectivity index (χ3n) is 6.49. The van der Waals surface area contributed by atoms with Crippen LogP contribution in [0.3, 0.4) is 0 Å². The monoisotopic (exact) mass is 655 g/mol. The van der Waals surface area contributed by atoms with E-state index in [0.717, 1.165) is 10.8 Å². The molecule has 1 aromatic carbocycles. The van der Waals surface area contributed by atoms with Crippen molar-refractivity contribution in [1.29, 1.82) is 0 Å². The summed E-state index contributed by atoms with van der Waals surface area (Å²) in [5.41, 5.74) is -1.01. The molecule has 0 aliphatic carbocycles. The molecular formula is C23H28Cl2N3O13P. The molecule has 42 heavy (non-hydrogen) atoms. The minimum absolute atomic E-state index is 0.0180. The van der Waals surface area contributed by atoms with Crippen molar-refractivity contribution in [3.8, 4) is 11.5 Å². The molecule has 3 heterocycles. The van der Waals surface area contributed by atoms with Crippen molar-refractivity contribution >= 4 is 37.2 Å². The Balaban J connectivity index is 1.49. The number of phosphoric acid groups is 1. The number of ether oxygens (including phenoxy) is 3. The van der Waals surface area contributed by atoms with Gasteiger partial charge in [-0.15, -0.1) is 0 Å². The van der Waals surface area contributed by atoms with Crippen LogP contribution in [0.5, 0.6) is 11.5 Å². The highest BCUT2D eigenvalue weighted by Gasteiger charge is 2.41. The largest absolute Gasteiger partial charge is 0.503 e. The number of H-pyrrole nitrogens is 1. The lowest BCUT2D eigenvalue weighted by atomic mass is 10.1. The molecule has 1 aromatic heterocycles. The number of aryl methyl sites for hydroxylation is 1. The first kappa shape index (κ1) is 32.4. The van der Waals surface area contributed by atoms with Gasteiger partial charge in [-0.1, -0.05) is 28.4 Å². The number of nitrogens with one attached hydrogen (secondary N) is 1. The average molecular weight is 656 g/mol. The lowest BCUT2D eigenvalue weighted by molar-refractivity contribution is -0.170. The van der Waals surface area contributed by atoms with E-state index in [4.69, 9.17) is 51.3 Å². The number of phosphoric ester groups is 1. The number of nitrogens with zero attached hydrogens (tertiary/aromatic N) is 2. The molecule has 7 atom stereocenters. The molecule has 2 aromatic rings. The molecule has 5 N–H and O–H groups in total. The fourth-order valence-electron chi connectivity index (χ4n) is 4.22. The summed E-state index contributed by atoms with van der Waals surface area (Å²) in [6, 6.07) is 1.32. The number of benzene rings is 1. The number of hydrogen-bond acceptors (Lipinski definition) is 13. The van der Waals surface area contributed by atoms with Crippen LogP contribution in [-0.4, -0.2) is 81.1 Å². The van der Waals surface area contributed by atoms with Crippen LogP contribution in [0.15, 0.2) is 27.0 Å². The van der Waals surface area contributed by atoms with Crippen molar-refractivity contribution in [3.05, 3.63) is 54.3 Å². The first-order chi connectivity index (χ1) is 19.8. The van der Waals surface area contributed by atoms with Crippen molar-refractivity contribution in [3.63, 3.8) is 0 Å². The Kier molecular flexibility index (Phi) is 10.4. The van der Waals surface area contributed by atoms with Gasteiger partial charge in [0.2, 0.25) is 0 Å². The van der Waals surface area contributed by atoms with Crippen LogP contribution in [0.1, 0.15) is 30.2 Å². The molecule has 0 amide bonds. The van der Waals surface area contributed by atoms with Crippen molar-refractivity contribution in [2.45, 2.75) is 50.8 Å². The molecule has 232 valence electrons. The lowest BCUT2D eigenvalue weighted by Crippen LogP contribution is -2.33. The van der Waals surface area contributed by atoms with Gasteiger partial charge in [-0.3, -0.25) is 23.4 Å². The van der Waals surface area contributed by atoms with Crippen LogP contribution in [0.25, 0.3) is 0 Å². The van der Waals surface area contributed by atoms with E-state index >= 15 is 0 Å². The minimum Gasteiger partial charge on any atom is -0.503 e. The van der Waals surface area contributed by atoms with E-state index in [1.165, 1.54) is 26.3 Å². The number of hydrogen-bond donors (Lipinski definition) is 5. The van der Waals surface area contributed by atoms with Gasteiger partial charge in [0.05, 0.1) is 36.6 Å². The molecule has 2 saturated heterocycles. The summed E-state index contributed by atoms with van der Waals surface area (Å²) in [7, 11) is -3.38. The maximum absolute atomic E-state index is 12.5. The van der Waals surface area contributed by atoms with E-state index in [2.05, 4.69) is 10.1 Å². The molecule has 16 nitrogen and oxygen atoms in total. The van der Waals surface area contributed by atoms with E-state index in [1.807, 2.05) is 0 Å². The summed E-state index contributed by atoms with van der Waals surface area (Å²) in [4.78, 5) is 42.1. The molecular weight excluding hydrogens is 628 g/mol. The zero-order valence-corrected chi connectivity index (χ0v) is 24.5. The van der Waals surface area contributed by atoms with Gasteiger partial charge < -0.3 is 39.3 Å². The highest BCUT2D eigenvalue weighted by Crippen LogP contribution is 2.46. The molecule has 0 bridgehead atoms. The van der Waals surface area contributed by atoms with Crippen molar-refractivity contribution < 1.29 is 52.9 Å². The van der Waals surface area contributed by atoms with Gasteiger partial charge in [0.25, 0.3) is 5.56 Å². The summed E-state index contributed by atoms with van der Waals surface area (Å²) >= 11 is 12.4. The smallest absolute Gasteiger partial charge is 0.472 e. The molecule has 19 heteroatoms. The van der Waals surface area contributed by atoms with E-state index in [9.17, 15) is 34.4 Å². The molecule has 0 saturated carbocycles. The van der Waals surface area contributed by atoms with Gasteiger partial charge in [-0.2, -0.15) is 0 Å². The summed E-state index contributed by atoms with van der Waals surface area (Å²) in [6.07, 6.45) is -3.31. The Morgan fingerprint density at radius 3 is 2.60 bits per heavy atom. The topological polar surface area (TPSA) is 221 Å². The number of methoxy groups -OCH3 is 1. The number of aliphatic hydroxyl groups is 2. The summed E-state index contributed by atoms with van der Waals surface area (Å²) in [6.45, 7) is 0.469. The molecule has 0 spiro atoms. The quantitative estimate of drug-likeness (QED) is 0.131. The second-order valence-corrected chi connectivity index (χ2v) is 11.6. The van der Waals surface area contributed by atoms with E-state index in [1.54, 1.807) is 0 Å².